The maximum atomic E-state index is 11.0. The van der Waals surface area contributed by atoms with Gasteiger partial charge in [-0.2, -0.15) is 5.10 Å². The Morgan fingerprint density at radius 2 is 2.44 bits per heavy atom. The van der Waals surface area contributed by atoms with E-state index in [-0.39, 0.29) is 5.97 Å². The smallest absolute Gasteiger partial charge is 0.305 e. The standard InChI is InChI=1S/C10H18N4O2/c1-3-16-10(15)5-4-6-11-7-9-12-8-13-14(9)2/h8,11H,3-7H2,1-2H3. The molecule has 0 saturated heterocycles. The number of carbonyl (C=O) groups excluding carboxylic acids is 1. The number of hydrogen-bond donors (Lipinski definition) is 1. The summed E-state index contributed by atoms with van der Waals surface area (Å²) in [6, 6.07) is 0. The highest BCUT2D eigenvalue weighted by Crippen LogP contribution is 1.93. The van der Waals surface area contributed by atoms with Crippen LogP contribution in [0.5, 0.6) is 0 Å². The second-order valence-corrected chi connectivity index (χ2v) is 3.39. The van der Waals surface area contributed by atoms with Crippen LogP contribution < -0.4 is 5.32 Å². The first-order chi connectivity index (χ1) is 7.74. The molecule has 0 atom stereocenters. The fourth-order valence-corrected chi connectivity index (χ4v) is 1.27. The van der Waals surface area contributed by atoms with Crippen LogP contribution >= 0.6 is 0 Å². The average molecular weight is 226 g/mol. The van der Waals surface area contributed by atoms with Crippen LogP contribution in [0.25, 0.3) is 0 Å². The molecule has 0 radical (unpaired) electrons. The van der Waals surface area contributed by atoms with E-state index >= 15 is 0 Å². The van der Waals surface area contributed by atoms with Gasteiger partial charge < -0.3 is 10.1 Å². The molecule has 6 heteroatoms. The summed E-state index contributed by atoms with van der Waals surface area (Å²) in [6.45, 7) is 3.69. The average Bonchev–Trinajstić information content (AvgIpc) is 2.64. The molecule has 1 aromatic rings. The molecule has 0 aliphatic heterocycles. The van der Waals surface area contributed by atoms with Crippen LogP contribution in [0.15, 0.2) is 6.33 Å². The van der Waals surface area contributed by atoms with E-state index < -0.39 is 0 Å². The molecule has 1 N–H and O–H groups in total. The first-order valence-electron chi connectivity index (χ1n) is 5.43. The Labute approximate surface area is 95.0 Å². The van der Waals surface area contributed by atoms with Gasteiger partial charge in [0.05, 0.1) is 13.2 Å². The Morgan fingerprint density at radius 1 is 1.62 bits per heavy atom. The Hall–Kier alpha value is -1.43. The second kappa shape index (κ2) is 6.95. The molecule has 0 spiro atoms. The molecule has 0 bridgehead atoms. The lowest BCUT2D eigenvalue weighted by Crippen LogP contribution is -2.18. The summed E-state index contributed by atoms with van der Waals surface area (Å²) >= 11 is 0. The van der Waals surface area contributed by atoms with E-state index in [0.29, 0.717) is 19.6 Å². The summed E-state index contributed by atoms with van der Waals surface area (Å²) in [7, 11) is 1.85. The highest BCUT2D eigenvalue weighted by molar-refractivity contribution is 5.69. The van der Waals surface area contributed by atoms with Crippen LogP contribution in [0.1, 0.15) is 25.6 Å². The lowest BCUT2D eigenvalue weighted by molar-refractivity contribution is -0.143. The summed E-state index contributed by atoms with van der Waals surface area (Å²) in [4.78, 5) is 15.1. The van der Waals surface area contributed by atoms with Gasteiger partial charge in [-0.3, -0.25) is 9.48 Å². The van der Waals surface area contributed by atoms with E-state index in [1.807, 2.05) is 14.0 Å². The van der Waals surface area contributed by atoms with Gasteiger partial charge in [0.1, 0.15) is 12.2 Å². The van der Waals surface area contributed by atoms with Gasteiger partial charge in [0.25, 0.3) is 0 Å². The minimum absolute atomic E-state index is 0.136. The zero-order valence-corrected chi connectivity index (χ0v) is 9.77. The number of hydrogen-bond acceptors (Lipinski definition) is 5. The third kappa shape index (κ3) is 4.39. The molecule has 1 rings (SSSR count). The summed E-state index contributed by atoms with van der Waals surface area (Å²) in [5.41, 5.74) is 0. The van der Waals surface area contributed by atoms with Crippen molar-refractivity contribution in [3.63, 3.8) is 0 Å². The van der Waals surface area contributed by atoms with Gasteiger partial charge in [0.2, 0.25) is 0 Å². The summed E-state index contributed by atoms with van der Waals surface area (Å²) in [5.74, 6) is 0.749. The summed E-state index contributed by atoms with van der Waals surface area (Å²) in [6.07, 6.45) is 2.76. The maximum absolute atomic E-state index is 11.0. The summed E-state index contributed by atoms with van der Waals surface area (Å²) in [5, 5.41) is 7.15. The molecule has 6 nitrogen and oxygen atoms in total. The van der Waals surface area contributed by atoms with Gasteiger partial charge in [-0.1, -0.05) is 0 Å². The molecule has 16 heavy (non-hydrogen) atoms. The molecule has 0 aliphatic rings. The fourth-order valence-electron chi connectivity index (χ4n) is 1.27. The third-order valence-corrected chi connectivity index (χ3v) is 2.13. The summed E-state index contributed by atoms with van der Waals surface area (Å²) < 4.78 is 6.54. The Morgan fingerprint density at radius 3 is 3.06 bits per heavy atom. The number of nitrogens with zero attached hydrogens (tertiary/aromatic N) is 3. The number of esters is 1. The van der Waals surface area contributed by atoms with Crippen LogP contribution in [0, 0.1) is 0 Å². The lowest BCUT2D eigenvalue weighted by atomic mass is 10.3. The number of aromatic nitrogens is 3. The molecule has 0 saturated carbocycles. The number of nitrogens with one attached hydrogen (secondary N) is 1. The van der Waals surface area contributed by atoms with Crippen LogP contribution in [0.4, 0.5) is 0 Å². The Balaban J connectivity index is 2.04. The monoisotopic (exact) mass is 226 g/mol. The van der Waals surface area contributed by atoms with Gasteiger partial charge >= 0.3 is 5.97 Å². The topological polar surface area (TPSA) is 69.0 Å². The van der Waals surface area contributed by atoms with Crippen LogP contribution in [-0.4, -0.2) is 33.9 Å². The quantitative estimate of drug-likeness (QED) is 0.533. The number of carbonyl (C=O) groups is 1. The van der Waals surface area contributed by atoms with E-state index in [4.69, 9.17) is 4.74 Å². The maximum Gasteiger partial charge on any atom is 0.305 e. The van der Waals surface area contributed by atoms with Crippen molar-refractivity contribution < 1.29 is 9.53 Å². The van der Waals surface area contributed by atoms with Crippen molar-refractivity contribution in [3.8, 4) is 0 Å². The van der Waals surface area contributed by atoms with Crippen LogP contribution in [0.3, 0.4) is 0 Å². The molecular formula is C10H18N4O2. The van der Waals surface area contributed by atoms with Crippen LogP contribution in [-0.2, 0) is 23.1 Å². The van der Waals surface area contributed by atoms with Crippen molar-refractivity contribution >= 4 is 5.97 Å². The molecule has 0 fully saturated rings. The number of rotatable bonds is 7. The molecule has 90 valence electrons. The highest BCUT2D eigenvalue weighted by Gasteiger charge is 2.02. The first-order valence-corrected chi connectivity index (χ1v) is 5.43. The predicted octanol–water partition coefficient (Wildman–Crippen LogP) is 0.248. The van der Waals surface area contributed by atoms with Crippen molar-refractivity contribution in [1.29, 1.82) is 0 Å². The predicted molar refractivity (Wildman–Crippen MR) is 58.6 cm³/mol. The Kier molecular flexibility index (Phi) is 5.49. The lowest BCUT2D eigenvalue weighted by Gasteiger charge is -2.04. The van der Waals surface area contributed by atoms with Crippen LogP contribution in [0.2, 0.25) is 0 Å². The minimum atomic E-state index is -0.136. The van der Waals surface area contributed by atoms with Gasteiger partial charge in [-0.25, -0.2) is 4.98 Å². The normalized spacial score (nSPS) is 10.4. The molecule has 0 unspecified atom stereocenters. The fraction of sp³-hybridized carbons (Fsp3) is 0.700. The van der Waals surface area contributed by atoms with Crippen molar-refractivity contribution in [1.82, 2.24) is 20.1 Å². The molecule has 0 aliphatic carbocycles. The van der Waals surface area contributed by atoms with Gasteiger partial charge in [0, 0.05) is 13.5 Å². The zero-order valence-electron chi connectivity index (χ0n) is 9.77. The van der Waals surface area contributed by atoms with Crippen molar-refractivity contribution in [2.24, 2.45) is 7.05 Å². The molecule has 1 heterocycles. The van der Waals surface area contributed by atoms with Gasteiger partial charge in [-0.15, -0.1) is 0 Å². The molecule has 0 amide bonds. The Bertz CT molecular complexity index is 324. The minimum Gasteiger partial charge on any atom is -0.466 e. The molecule has 1 aromatic heterocycles. The van der Waals surface area contributed by atoms with Crippen molar-refractivity contribution in [2.45, 2.75) is 26.3 Å². The number of ether oxygens (including phenoxy) is 1. The SMILES string of the molecule is CCOC(=O)CCCNCc1ncnn1C. The highest BCUT2D eigenvalue weighted by atomic mass is 16.5. The molecule has 0 aromatic carbocycles. The van der Waals surface area contributed by atoms with E-state index in [2.05, 4.69) is 15.4 Å². The largest absolute Gasteiger partial charge is 0.466 e. The molecular weight excluding hydrogens is 208 g/mol. The van der Waals surface area contributed by atoms with Crippen molar-refractivity contribution in [2.75, 3.05) is 13.2 Å². The van der Waals surface area contributed by atoms with Gasteiger partial charge in [0.15, 0.2) is 0 Å². The van der Waals surface area contributed by atoms with E-state index in [1.165, 1.54) is 6.33 Å². The van der Waals surface area contributed by atoms with E-state index in [9.17, 15) is 4.79 Å². The first kappa shape index (κ1) is 12.6. The number of aryl methyl sites for hydroxylation is 1. The second-order valence-electron chi connectivity index (χ2n) is 3.39. The third-order valence-electron chi connectivity index (χ3n) is 2.13. The van der Waals surface area contributed by atoms with Crippen molar-refractivity contribution in [3.05, 3.63) is 12.2 Å². The van der Waals surface area contributed by atoms with E-state index in [1.54, 1.807) is 4.68 Å². The zero-order chi connectivity index (χ0) is 11.8. The van der Waals surface area contributed by atoms with Gasteiger partial charge in [-0.05, 0) is 19.9 Å². The van der Waals surface area contributed by atoms with E-state index in [0.717, 1.165) is 18.8 Å².